The van der Waals surface area contributed by atoms with Crippen LogP contribution in [-0.4, -0.2) is 56.8 Å². The van der Waals surface area contributed by atoms with Crippen LogP contribution in [0.15, 0.2) is 47.4 Å². The van der Waals surface area contributed by atoms with Gasteiger partial charge in [-0.05, 0) is 36.4 Å². The van der Waals surface area contributed by atoms with Crippen molar-refractivity contribution in [2.75, 3.05) is 33.3 Å². The van der Waals surface area contributed by atoms with Gasteiger partial charge < -0.3 is 9.64 Å². The second-order valence-electron chi connectivity index (χ2n) is 7.17. The first-order valence-electron chi connectivity index (χ1n) is 9.46. The van der Waals surface area contributed by atoms with Crippen molar-refractivity contribution in [1.29, 1.82) is 0 Å². The van der Waals surface area contributed by atoms with E-state index in [4.69, 9.17) is 4.74 Å². The number of carbonyl (C=O) groups excluding carboxylic acids is 1. The third kappa shape index (κ3) is 5.41. The minimum atomic E-state index is -5.17. The number of piperazine rings is 1. The smallest absolute Gasteiger partial charge is 0.416 e. The van der Waals surface area contributed by atoms with Crippen LogP contribution < -0.4 is 4.74 Å². The number of nitrogens with zero attached hydrogens (tertiary/aromatic N) is 2. The van der Waals surface area contributed by atoms with E-state index in [0.717, 1.165) is 4.31 Å². The highest BCUT2D eigenvalue weighted by Crippen LogP contribution is 2.37. The summed E-state index contributed by atoms with van der Waals surface area (Å²) < 4.78 is 110. The van der Waals surface area contributed by atoms with Crippen molar-refractivity contribution < 1.29 is 44.3 Å². The maximum absolute atomic E-state index is 13.1. The number of amides is 1. The highest BCUT2D eigenvalue weighted by Gasteiger charge is 2.39. The van der Waals surface area contributed by atoms with E-state index in [2.05, 4.69) is 0 Å². The van der Waals surface area contributed by atoms with Crippen LogP contribution in [0, 0.1) is 0 Å². The van der Waals surface area contributed by atoms with Crippen molar-refractivity contribution in [3.05, 3.63) is 59.2 Å². The summed E-state index contributed by atoms with van der Waals surface area (Å²) in [5.41, 5.74) is -3.15. The molecule has 2 aromatic rings. The van der Waals surface area contributed by atoms with Crippen molar-refractivity contribution in [2.24, 2.45) is 0 Å². The van der Waals surface area contributed by atoms with Gasteiger partial charge in [-0.3, -0.25) is 4.79 Å². The minimum Gasteiger partial charge on any atom is -0.497 e. The van der Waals surface area contributed by atoms with Crippen LogP contribution in [0.1, 0.15) is 21.5 Å². The molecular formula is C20H18F6N2O4S. The number of sulfonamides is 1. The molecule has 1 saturated heterocycles. The number of halogens is 6. The summed E-state index contributed by atoms with van der Waals surface area (Å²) in [6.07, 6.45) is -10.3. The van der Waals surface area contributed by atoms with Gasteiger partial charge in [0, 0.05) is 31.7 Å². The van der Waals surface area contributed by atoms with E-state index in [1.807, 2.05) is 0 Å². The molecule has 1 heterocycles. The number of methoxy groups -OCH3 is 1. The molecule has 180 valence electrons. The van der Waals surface area contributed by atoms with Crippen LogP contribution in [0.3, 0.4) is 0 Å². The monoisotopic (exact) mass is 496 g/mol. The molecule has 0 aliphatic carbocycles. The molecule has 0 bridgehead atoms. The average Bonchev–Trinajstić information content (AvgIpc) is 2.77. The maximum Gasteiger partial charge on any atom is 0.416 e. The van der Waals surface area contributed by atoms with Gasteiger partial charge in [0.15, 0.2) is 0 Å². The molecule has 0 radical (unpaired) electrons. The molecule has 0 atom stereocenters. The van der Waals surface area contributed by atoms with Crippen LogP contribution in [-0.2, 0) is 22.4 Å². The molecule has 0 N–H and O–H groups in total. The van der Waals surface area contributed by atoms with Gasteiger partial charge >= 0.3 is 12.4 Å². The molecule has 3 rings (SSSR count). The van der Waals surface area contributed by atoms with E-state index >= 15 is 0 Å². The molecule has 1 fully saturated rings. The van der Waals surface area contributed by atoms with Crippen LogP contribution in [0.5, 0.6) is 5.75 Å². The molecule has 1 amide bonds. The van der Waals surface area contributed by atoms with Crippen molar-refractivity contribution in [3.8, 4) is 5.75 Å². The molecule has 0 saturated carbocycles. The topological polar surface area (TPSA) is 66.9 Å². The molecule has 1 aliphatic heterocycles. The lowest BCUT2D eigenvalue weighted by atomic mass is 10.1. The fourth-order valence-corrected chi connectivity index (χ4v) is 4.79. The second-order valence-corrected chi connectivity index (χ2v) is 9.11. The number of carbonyl (C=O) groups is 1. The first kappa shape index (κ1) is 24.8. The molecule has 2 aromatic carbocycles. The molecule has 0 aromatic heterocycles. The summed E-state index contributed by atoms with van der Waals surface area (Å²) in [7, 11) is -3.25. The number of ether oxygens (including phenoxy) is 1. The third-order valence-corrected chi connectivity index (χ3v) is 6.92. The summed E-state index contributed by atoms with van der Waals surface area (Å²) in [4.78, 5) is 12.9. The predicted octanol–water partition coefficient (Wildman–Crippen LogP) is 3.88. The first-order valence-corrected chi connectivity index (χ1v) is 10.9. The van der Waals surface area contributed by atoms with E-state index in [1.165, 1.54) is 24.1 Å². The van der Waals surface area contributed by atoms with Crippen molar-refractivity contribution in [3.63, 3.8) is 0 Å². The van der Waals surface area contributed by atoms with Gasteiger partial charge in [-0.25, -0.2) is 8.42 Å². The van der Waals surface area contributed by atoms with E-state index in [1.54, 1.807) is 12.1 Å². The summed E-state index contributed by atoms with van der Waals surface area (Å²) >= 11 is 0. The summed E-state index contributed by atoms with van der Waals surface area (Å²) in [6, 6.07) is 6.48. The quantitative estimate of drug-likeness (QED) is 0.603. The summed E-state index contributed by atoms with van der Waals surface area (Å²) in [6.45, 7) is -0.786. The Kier molecular flexibility index (Phi) is 6.67. The number of rotatable bonds is 4. The van der Waals surface area contributed by atoms with E-state index < -0.39 is 44.3 Å². The first-order chi connectivity index (χ1) is 15.2. The molecule has 6 nitrogen and oxygen atoms in total. The normalized spacial score (nSPS) is 16.0. The Hall–Kier alpha value is -2.80. The Morgan fingerprint density at radius 1 is 0.879 bits per heavy atom. The van der Waals surface area contributed by atoms with Gasteiger partial charge in [-0.2, -0.15) is 30.6 Å². The second kappa shape index (κ2) is 8.86. The lowest BCUT2D eigenvalue weighted by molar-refractivity contribution is -0.143. The van der Waals surface area contributed by atoms with Gasteiger partial charge in [0.1, 0.15) is 5.75 Å². The summed E-state index contributed by atoms with van der Waals surface area (Å²) in [5, 5.41) is 0. The zero-order valence-electron chi connectivity index (χ0n) is 17.1. The largest absolute Gasteiger partial charge is 0.497 e. The highest BCUT2D eigenvalue weighted by molar-refractivity contribution is 7.89. The standard InChI is InChI=1S/C20H18F6N2O4S/c1-32-16-4-2-3-13(9-16)18(29)27-5-7-28(8-6-27)33(30,31)17-11-14(19(21,22)23)10-15(12-17)20(24,25)26/h2-4,9-12H,5-8H2,1H3. The Balaban J connectivity index is 1.83. The molecule has 33 heavy (non-hydrogen) atoms. The maximum atomic E-state index is 13.1. The fraction of sp³-hybridized carbons (Fsp3) is 0.350. The van der Waals surface area contributed by atoms with Crippen LogP contribution in [0.2, 0.25) is 0 Å². The lowest BCUT2D eigenvalue weighted by Gasteiger charge is -2.34. The van der Waals surface area contributed by atoms with Crippen molar-refractivity contribution >= 4 is 15.9 Å². The number of hydrogen-bond donors (Lipinski definition) is 0. The van der Waals surface area contributed by atoms with Crippen molar-refractivity contribution in [1.82, 2.24) is 9.21 Å². The number of alkyl halides is 6. The van der Waals surface area contributed by atoms with E-state index in [-0.39, 0.29) is 44.4 Å². The summed E-state index contributed by atoms with van der Waals surface area (Å²) in [5.74, 6) is 0.0245. The molecule has 13 heteroatoms. The fourth-order valence-electron chi connectivity index (χ4n) is 3.29. The molecule has 1 aliphatic rings. The van der Waals surface area contributed by atoms with Crippen LogP contribution >= 0.6 is 0 Å². The minimum absolute atomic E-state index is 0.0969. The van der Waals surface area contributed by atoms with Gasteiger partial charge in [0.2, 0.25) is 10.0 Å². The Bertz CT molecular complexity index is 1110. The van der Waals surface area contributed by atoms with Crippen molar-refractivity contribution in [2.45, 2.75) is 17.2 Å². The van der Waals surface area contributed by atoms with E-state index in [0.29, 0.717) is 11.3 Å². The van der Waals surface area contributed by atoms with Gasteiger partial charge in [-0.1, -0.05) is 6.07 Å². The van der Waals surface area contributed by atoms with Gasteiger partial charge in [-0.15, -0.1) is 0 Å². The third-order valence-electron chi connectivity index (χ3n) is 5.04. The van der Waals surface area contributed by atoms with E-state index in [9.17, 15) is 39.6 Å². The Morgan fingerprint density at radius 3 is 1.91 bits per heavy atom. The molecule has 0 spiro atoms. The zero-order valence-corrected chi connectivity index (χ0v) is 17.9. The van der Waals surface area contributed by atoms with Gasteiger partial charge in [0.05, 0.1) is 23.1 Å². The number of hydrogen-bond acceptors (Lipinski definition) is 4. The Labute approximate surface area is 185 Å². The number of benzene rings is 2. The molecule has 0 unspecified atom stereocenters. The lowest BCUT2D eigenvalue weighted by Crippen LogP contribution is -2.50. The van der Waals surface area contributed by atoms with Crippen LogP contribution in [0.25, 0.3) is 0 Å². The SMILES string of the molecule is COc1cccc(C(=O)N2CCN(S(=O)(=O)c3cc(C(F)(F)F)cc(C(F)(F)F)c3)CC2)c1. The van der Waals surface area contributed by atoms with Gasteiger partial charge in [0.25, 0.3) is 5.91 Å². The average molecular weight is 496 g/mol. The Morgan fingerprint density at radius 2 is 1.42 bits per heavy atom. The zero-order chi connectivity index (χ0) is 24.6. The molecular weight excluding hydrogens is 478 g/mol. The highest BCUT2D eigenvalue weighted by atomic mass is 32.2. The van der Waals surface area contributed by atoms with Crippen LogP contribution in [0.4, 0.5) is 26.3 Å². The predicted molar refractivity (Wildman–Crippen MR) is 104 cm³/mol.